The molecule has 0 bridgehead atoms. The van der Waals surface area contributed by atoms with E-state index >= 15 is 0 Å². The Balaban J connectivity index is 0.00000199. The highest BCUT2D eigenvalue weighted by Crippen LogP contribution is 2.32. The number of hydrogen-bond donors (Lipinski definition) is 2. The fraction of sp³-hybridized carbons (Fsp3) is 0.517. The summed E-state index contributed by atoms with van der Waals surface area (Å²) in [7, 11) is 0. The largest absolute Gasteiger partial charge is 0.396 e. The number of aromatic nitrogens is 1. The van der Waals surface area contributed by atoms with Crippen LogP contribution in [-0.2, 0) is 28.0 Å². The zero-order chi connectivity index (χ0) is 25.1. The van der Waals surface area contributed by atoms with Crippen LogP contribution in [0.4, 0.5) is 10.1 Å². The fourth-order valence-corrected chi connectivity index (χ4v) is 3.86. The molecule has 0 saturated carbocycles. The van der Waals surface area contributed by atoms with Gasteiger partial charge in [-0.15, -0.1) is 0 Å². The van der Waals surface area contributed by atoms with E-state index in [1.165, 1.54) is 6.07 Å². The normalized spacial score (nSPS) is 12.1. The first-order chi connectivity index (χ1) is 16.3. The van der Waals surface area contributed by atoms with Gasteiger partial charge in [-0.25, -0.2) is 4.39 Å². The van der Waals surface area contributed by atoms with Gasteiger partial charge in [-0.1, -0.05) is 78.8 Å². The molecule has 0 fully saturated rings. The first-order valence-electron chi connectivity index (χ1n) is 12.3. The van der Waals surface area contributed by atoms with Gasteiger partial charge in [-0.2, -0.15) is 0 Å². The van der Waals surface area contributed by atoms with Crippen LogP contribution in [0.25, 0.3) is 10.9 Å². The minimum absolute atomic E-state index is 0. The Hall–Kier alpha value is -2.41. The third-order valence-electron chi connectivity index (χ3n) is 5.63. The van der Waals surface area contributed by atoms with Gasteiger partial charge in [-0.3, -0.25) is 0 Å². The quantitative estimate of drug-likeness (QED) is 0.220. The highest BCUT2D eigenvalue weighted by atomic mass is 19.1. The van der Waals surface area contributed by atoms with Crippen molar-refractivity contribution in [3.05, 3.63) is 65.6 Å². The lowest BCUT2D eigenvalue weighted by Crippen LogP contribution is -2.31. The van der Waals surface area contributed by atoms with Crippen molar-refractivity contribution in [3.8, 4) is 0 Å². The highest BCUT2D eigenvalue weighted by Gasteiger charge is 2.27. The lowest BCUT2D eigenvalue weighted by atomic mass is 9.90. The second-order valence-corrected chi connectivity index (χ2v) is 9.02. The number of hydrogen-bond acceptors (Lipinski definition) is 4. The second-order valence-electron chi connectivity index (χ2n) is 9.02. The van der Waals surface area contributed by atoms with Gasteiger partial charge in [0.2, 0.25) is 0 Å². The van der Waals surface area contributed by atoms with E-state index < -0.39 is 11.9 Å². The van der Waals surface area contributed by atoms with Crippen LogP contribution >= 0.6 is 0 Å². The summed E-state index contributed by atoms with van der Waals surface area (Å²) in [6.07, 6.45) is 1.35. The molecule has 196 valence electrons. The van der Waals surface area contributed by atoms with Crippen molar-refractivity contribution in [2.45, 2.75) is 79.6 Å². The van der Waals surface area contributed by atoms with Crippen LogP contribution in [0.1, 0.15) is 66.1 Å². The van der Waals surface area contributed by atoms with Gasteiger partial charge in [-0.05, 0) is 24.1 Å². The summed E-state index contributed by atoms with van der Waals surface area (Å²) in [4.78, 5) is 0. The maximum Gasteiger partial charge on any atom is 0.148 e. The van der Waals surface area contributed by atoms with Gasteiger partial charge in [0.25, 0.3) is 0 Å². The molecular formula is C29H45FN2O3. The van der Waals surface area contributed by atoms with Gasteiger partial charge in [0.1, 0.15) is 5.82 Å². The Labute approximate surface area is 211 Å². The van der Waals surface area contributed by atoms with Gasteiger partial charge in [0, 0.05) is 29.2 Å². The van der Waals surface area contributed by atoms with Crippen molar-refractivity contribution in [3.63, 3.8) is 0 Å². The Morgan fingerprint density at radius 3 is 2.43 bits per heavy atom. The van der Waals surface area contributed by atoms with Gasteiger partial charge in [0.15, 0.2) is 0 Å². The Morgan fingerprint density at radius 1 is 1.09 bits per heavy atom. The number of rotatable bonds is 12. The minimum atomic E-state index is -0.745. The van der Waals surface area contributed by atoms with Crippen molar-refractivity contribution >= 4 is 16.6 Å². The summed E-state index contributed by atoms with van der Waals surface area (Å²) in [5, 5.41) is 11.6. The standard InChI is InChI=1S/C26H35FN2O3.C2H6.CH4/c1-4-5-11-31-18-26(2,3)25-13-20-12-23(28)22(27)14-24(20)29(25)15-21(30)17-32-16-19-9-7-6-8-10-19;1-2;/h6-10,12-14,21,30H,4-5,11,15-18,28H2,1-3H3;1-2H3;1H4. The summed E-state index contributed by atoms with van der Waals surface area (Å²) < 4.78 is 27.9. The van der Waals surface area contributed by atoms with E-state index in [4.69, 9.17) is 15.2 Å². The summed E-state index contributed by atoms with van der Waals surface area (Å²) in [6, 6.07) is 15.0. The fourth-order valence-electron chi connectivity index (χ4n) is 3.86. The number of nitrogens with zero attached hydrogens (tertiary/aromatic N) is 1. The number of aliphatic hydroxyl groups is 1. The van der Waals surface area contributed by atoms with Crippen molar-refractivity contribution in [1.82, 2.24) is 4.57 Å². The molecule has 1 atom stereocenters. The highest BCUT2D eigenvalue weighted by molar-refractivity contribution is 5.85. The molecule has 2 aromatic carbocycles. The van der Waals surface area contributed by atoms with Crippen molar-refractivity contribution < 1.29 is 19.0 Å². The van der Waals surface area contributed by atoms with Crippen LogP contribution in [0.15, 0.2) is 48.5 Å². The molecule has 5 nitrogen and oxygen atoms in total. The number of nitrogen functional groups attached to an aromatic ring is 1. The molecule has 3 N–H and O–H groups in total. The monoisotopic (exact) mass is 488 g/mol. The zero-order valence-electron chi connectivity index (χ0n) is 21.3. The number of nitrogens with two attached hydrogens (primary N) is 1. The van der Waals surface area contributed by atoms with Crippen LogP contribution in [0.5, 0.6) is 0 Å². The molecule has 0 aliphatic heterocycles. The van der Waals surface area contributed by atoms with Crippen LogP contribution in [-0.4, -0.2) is 35.6 Å². The Morgan fingerprint density at radius 2 is 1.77 bits per heavy atom. The Kier molecular flexibility index (Phi) is 13.0. The smallest absolute Gasteiger partial charge is 0.148 e. The summed E-state index contributed by atoms with van der Waals surface area (Å²) >= 11 is 0. The molecule has 0 aliphatic rings. The van der Waals surface area contributed by atoms with Crippen molar-refractivity contribution in [2.75, 3.05) is 25.6 Å². The number of unbranched alkanes of at least 4 members (excludes halogenated alkanes) is 1. The molecule has 0 spiro atoms. The van der Waals surface area contributed by atoms with Gasteiger partial charge in [0.05, 0.1) is 43.7 Å². The average molecular weight is 489 g/mol. The molecule has 0 aliphatic carbocycles. The Bertz CT molecular complexity index is 1000. The van der Waals surface area contributed by atoms with E-state index in [2.05, 4.69) is 20.8 Å². The van der Waals surface area contributed by atoms with Crippen molar-refractivity contribution in [1.29, 1.82) is 0 Å². The zero-order valence-corrected chi connectivity index (χ0v) is 21.3. The maximum atomic E-state index is 14.3. The molecule has 1 heterocycles. The first kappa shape index (κ1) is 30.6. The molecule has 6 heteroatoms. The lowest BCUT2D eigenvalue weighted by Gasteiger charge is -2.28. The molecule has 3 rings (SSSR count). The van der Waals surface area contributed by atoms with E-state index in [0.29, 0.717) is 25.3 Å². The second kappa shape index (κ2) is 14.9. The van der Waals surface area contributed by atoms with Crippen LogP contribution in [0.3, 0.4) is 0 Å². The average Bonchev–Trinajstić information content (AvgIpc) is 3.17. The van der Waals surface area contributed by atoms with E-state index in [9.17, 15) is 9.50 Å². The van der Waals surface area contributed by atoms with Gasteiger partial charge < -0.3 is 24.9 Å². The number of halogens is 1. The van der Waals surface area contributed by atoms with E-state index in [-0.39, 0.29) is 31.7 Å². The number of ether oxygens (including phenoxy) is 2. The third kappa shape index (κ3) is 8.64. The van der Waals surface area contributed by atoms with Crippen LogP contribution < -0.4 is 5.73 Å². The molecule has 35 heavy (non-hydrogen) atoms. The molecule has 3 aromatic rings. The SMILES string of the molecule is C.CC.CCCCOCC(C)(C)c1cc2cc(N)c(F)cc2n1CC(O)COCc1ccccc1. The summed E-state index contributed by atoms with van der Waals surface area (Å²) in [6.45, 7) is 12.5. The van der Waals surface area contributed by atoms with E-state index in [0.717, 1.165) is 29.5 Å². The molecule has 1 unspecified atom stereocenters. The third-order valence-corrected chi connectivity index (χ3v) is 5.63. The topological polar surface area (TPSA) is 69.6 Å². The predicted octanol–water partition coefficient (Wildman–Crippen LogP) is 6.70. The summed E-state index contributed by atoms with van der Waals surface area (Å²) in [5.74, 6) is -0.463. The maximum absolute atomic E-state index is 14.3. The van der Waals surface area contributed by atoms with E-state index in [1.54, 1.807) is 6.07 Å². The molecule has 0 amide bonds. The predicted molar refractivity (Wildman–Crippen MR) is 145 cm³/mol. The molecule has 1 aromatic heterocycles. The van der Waals surface area contributed by atoms with E-state index in [1.807, 2.05) is 54.8 Å². The van der Waals surface area contributed by atoms with Crippen LogP contribution in [0.2, 0.25) is 0 Å². The number of benzene rings is 2. The minimum Gasteiger partial charge on any atom is -0.396 e. The van der Waals surface area contributed by atoms with Crippen LogP contribution in [0, 0.1) is 5.82 Å². The number of anilines is 1. The molecular weight excluding hydrogens is 443 g/mol. The first-order valence-corrected chi connectivity index (χ1v) is 12.3. The molecule has 0 radical (unpaired) electrons. The number of aliphatic hydroxyl groups excluding tert-OH is 1. The summed E-state index contributed by atoms with van der Waals surface area (Å²) in [5.41, 5.74) is 8.32. The molecule has 0 saturated heterocycles. The van der Waals surface area contributed by atoms with Gasteiger partial charge >= 0.3 is 0 Å². The van der Waals surface area contributed by atoms with Crippen molar-refractivity contribution in [2.24, 2.45) is 0 Å². The lowest BCUT2D eigenvalue weighted by molar-refractivity contribution is 0.0196. The number of fused-ring (bicyclic) bond motifs is 1.